The van der Waals surface area contributed by atoms with Crippen molar-refractivity contribution in [2.24, 2.45) is 0 Å². The number of halogens is 4. The molecule has 1 amide bonds. The molecule has 0 saturated heterocycles. The van der Waals surface area contributed by atoms with Gasteiger partial charge in [-0.1, -0.05) is 0 Å². The standard InChI is InChI=1S/C23H22F4N4O5S/c1-13-3-4-17-19(31(13)22(32)33)6-5-16(14-10-29-30(12-14)7-8-37(2,34)35)20(17)36-21-18(24)9-15(11-28-21)23(25,26)27/h5-6,9-13H,3-4,7-8H2,1-2H3,(H,32,33)/t13-/m0/s1. The van der Waals surface area contributed by atoms with Gasteiger partial charge in [0, 0.05) is 41.4 Å². The molecule has 37 heavy (non-hydrogen) atoms. The Morgan fingerprint density at radius 2 is 2.00 bits per heavy atom. The van der Waals surface area contributed by atoms with E-state index in [1.165, 1.54) is 23.1 Å². The molecule has 1 atom stereocenters. The van der Waals surface area contributed by atoms with E-state index in [1.807, 2.05) is 0 Å². The van der Waals surface area contributed by atoms with Gasteiger partial charge in [-0.3, -0.25) is 9.58 Å². The molecule has 3 aromatic rings. The summed E-state index contributed by atoms with van der Waals surface area (Å²) in [4.78, 5) is 16.6. The Hall–Kier alpha value is -3.68. The number of aromatic nitrogens is 3. The van der Waals surface area contributed by atoms with Crippen LogP contribution in [0.3, 0.4) is 0 Å². The van der Waals surface area contributed by atoms with Gasteiger partial charge < -0.3 is 9.84 Å². The van der Waals surface area contributed by atoms with Gasteiger partial charge in [0.25, 0.3) is 5.88 Å². The number of amides is 1. The van der Waals surface area contributed by atoms with Crippen LogP contribution < -0.4 is 9.64 Å². The Morgan fingerprint density at radius 3 is 2.62 bits per heavy atom. The molecular formula is C23H22F4N4O5S. The van der Waals surface area contributed by atoms with Crippen molar-refractivity contribution in [1.82, 2.24) is 14.8 Å². The van der Waals surface area contributed by atoms with Gasteiger partial charge in [0.15, 0.2) is 5.82 Å². The van der Waals surface area contributed by atoms with Crippen molar-refractivity contribution >= 4 is 21.6 Å². The van der Waals surface area contributed by atoms with Crippen LogP contribution in [-0.4, -0.2) is 52.4 Å². The molecular weight excluding hydrogens is 520 g/mol. The van der Waals surface area contributed by atoms with Crippen LogP contribution in [0.2, 0.25) is 0 Å². The fourth-order valence-corrected chi connectivity index (χ4v) is 4.60. The maximum Gasteiger partial charge on any atom is 0.417 e. The molecule has 1 N–H and O–H groups in total. The number of carbonyl (C=O) groups is 1. The van der Waals surface area contributed by atoms with E-state index >= 15 is 0 Å². The van der Waals surface area contributed by atoms with Crippen LogP contribution in [-0.2, 0) is 29.0 Å². The molecule has 0 radical (unpaired) electrons. The molecule has 0 aliphatic carbocycles. The second kappa shape index (κ2) is 9.65. The van der Waals surface area contributed by atoms with Gasteiger partial charge in [0.1, 0.15) is 15.6 Å². The molecule has 9 nitrogen and oxygen atoms in total. The number of sulfone groups is 1. The van der Waals surface area contributed by atoms with Gasteiger partial charge in [-0.25, -0.2) is 22.6 Å². The maximum atomic E-state index is 14.7. The minimum atomic E-state index is -4.80. The van der Waals surface area contributed by atoms with E-state index < -0.39 is 39.4 Å². The van der Waals surface area contributed by atoms with E-state index in [9.17, 15) is 35.9 Å². The predicted octanol–water partition coefficient (Wildman–Crippen LogP) is 4.76. The van der Waals surface area contributed by atoms with Crippen LogP contribution in [0.4, 0.5) is 28.0 Å². The number of hydrogen-bond donors (Lipinski definition) is 1. The van der Waals surface area contributed by atoms with E-state index in [1.54, 1.807) is 13.0 Å². The molecule has 0 unspecified atom stereocenters. The summed E-state index contributed by atoms with van der Waals surface area (Å²) in [5.74, 6) is -2.20. The monoisotopic (exact) mass is 542 g/mol. The van der Waals surface area contributed by atoms with Crippen molar-refractivity contribution in [1.29, 1.82) is 0 Å². The Labute approximate surface area is 209 Å². The normalized spacial score (nSPS) is 15.9. The molecule has 3 heterocycles. The number of benzene rings is 1. The van der Waals surface area contributed by atoms with E-state index in [0.717, 1.165) is 11.2 Å². The van der Waals surface area contributed by atoms with Gasteiger partial charge in [0.05, 0.1) is 29.7 Å². The summed E-state index contributed by atoms with van der Waals surface area (Å²) in [6.07, 6.45) is -0.758. The first-order valence-corrected chi connectivity index (χ1v) is 13.1. The number of alkyl halides is 3. The van der Waals surface area contributed by atoms with Gasteiger partial charge in [-0.2, -0.15) is 18.3 Å². The first-order valence-electron chi connectivity index (χ1n) is 11.0. The molecule has 1 aromatic carbocycles. The highest BCUT2D eigenvalue weighted by molar-refractivity contribution is 7.90. The first-order chi connectivity index (χ1) is 17.2. The van der Waals surface area contributed by atoms with E-state index in [4.69, 9.17) is 4.74 Å². The molecule has 2 aromatic heterocycles. The van der Waals surface area contributed by atoms with Crippen LogP contribution in [0.25, 0.3) is 11.1 Å². The lowest BCUT2D eigenvalue weighted by Gasteiger charge is -2.34. The summed E-state index contributed by atoms with van der Waals surface area (Å²) < 4.78 is 83.7. The summed E-state index contributed by atoms with van der Waals surface area (Å²) in [6, 6.07) is 3.00. The quantitative estimate of drug-likeness (QED) is 0.447. The number of nitrogens with zero attached hydrogens (tertiary/aromatic N) is 4. The molecule has 4 rings (SSSR count). The highest BCUT2D eigenvalue weighted by Crippen LogP contribution is 2.45. The fraction of sp³-hybridized carbons (Fsp3) is 0.348. The van der Waals surface area contributed by atoms with Crippen LogP contribution in [0.15, 0.2) is 36.8 Å². The summed E-state index contributed by atoms with van der Waals surface area (Å²) in [5, 5.41) is 13.9. The summed E-state index contributed by atoms with van der Waals surface area (Å²) >= 11 is 0. The number of pyridine rings is 1. The number of carboxylic acid groups (broad SMARTS) is 1. The zero-order valence-electron chi connectivity index (χ0n) is 19.7. The number of ether oxygens (including phenoxy) is 1. The van der Waals surface area contributed by atoms with Crippen molar-refractivity contribution in [2.45, 2.75) is 38.5 Å². The van der Waals surface area contributed by atoms with Crippen molar-refractivity contribution < 1.29 is 40.6 Å². The third-order valence-electron chi connectivity index (χ3n) is 5.92. The molecule has 198 valence electrons. The zero-order chi connectivity index (χ0) is 27.1. The molecule has 0 spiro atoms. The first kappa shape index (κ1) is 26.4. The van der Waals surface area contributed by atoms with Crippen LogP contribution in [0, 0.1) is 5.82 Å². The predicted molar refractivity (Wildman–Crippen MR) is 125 cm³/mol. The Bertz CT molecular complexity index is 1460. The minimum absolute atomic E-state index is 0.0180. The largest absolute Gasteiger partial charge is 0.465 e. The summed E-state index contributed by atoms with van der Waals surface area (Å²) in [6.45, 7) is 1.80. The smallest absolute Gasteiger partial charge is 0.417 e. The maximum absolute atomic E-state index is 14.7. The lowest BCUT2D eigenvalue weighted by atomic mass is 9.92. The lowest BCUT2D eigenvalue weighted by Crippen LogP contribution is -2.41. The van der Waals surface area contributed by atoms with Gasteiger partial charge in [0.2, 0.25) is 0 Å². The van der Waals surface area contributed by atoms with Crippen molar-refractivity contribution in [2.75, 3.05) is 16.9 Å². The Kier molecular flexibility index (Phi) is 6.88. The highest BCUT2D eigenvalue weighted by atomic mass is 32.2. The van der Waals surface area contributed by atoms with E-state index in [0.29, 0.717) is 41.4 Å². The molecule has 0 fully saturated rings. The van der Waals surface area contributed by atoms with Crippen molar-refractivity contribution in [3.63, 3.8) is 0 Å². The summed E-state index contributed by atoms with van der Waals surface area (Å²) in [7, 11) is -3.25. The van der Waals surface area contributed by atoms with Gasteiger partial charge in [-0.15, -0.1) is 0 Å². The van der Waals surface area contributed by atoms with Crippen LogP contribution in [0.1, 0.15) is 24.5 Å². The molecule has 0 saturated carbocycles. The molecule has 1 aliphatic rings. The molecule has 1 aliphatic heterocycles. The average Bonchev–Trinajstić information content (AvgIpc) is 3.26. The zero-order valence-corrected chi connectivity index (χ0v) is 20.5. The second-order valence-electron chi connectivity index (χ2n) is 8.71. The van der Waals surface area contributed by atoms with E-state index in [-0.39, 0.29) is 30.2 Å². The number of rotatable bonds is 6. The third-order valence-corrected chi connectivity index (χ3v) is 6.85. The van der Waals surface area contributed by atoms with Crippen molar-refractivity contribution in [3.05, 3.63) is 53.7 Å². The number of hydrogen-bond acceptors (Lipinski definition) is 6. The topological polar surface area (TPSA) is 115 Å². The minimum Gasteiger partial charge on any atom is -0.465 e. The highest BCUT2D eigenvalue weighted by Gasteiger charge is 2.34. The van der Waals surface area contributed by atoms with Crippen molar-refractivity contribution in [3.8, 4) is 22.8 Å². The fourth-order valence-electron chi connectivity index (χ4n) is 4.08. The number of fused-ring (bicyclic) bond motifs is 1. The Morgan fingerprint density at radius 1 is 1.27 bits per heavy atom. The SMILES string of the molecule is C[C@H]1CCc2c(ccc(-c3cnn(CCS(C)(=O)=O)c3)c2Oc2ncc(C(F)(F)F)cc2F)N1C(=O)O. The van der Waals surface area contributed by atoms with Crippen LogP contribution in [0.5, 0.6) is 11.6 Å². The number of aryl methyl sites for hydroxylation is 1. The average molecular weight is 543 g/mol. The van der Waals surface area contributed by atoms with E-state index in [2.05, 4.69) is 10.1 Å². The lowest BCUT2D eigenvalue weighted by molar-refractivity contribution is -0.138. The van der Waals surface area contributed by atoms with Crippen LogP contribution >= 0.6 is 0 Å². The van der Waals surface area contributed by atoms with Gasteiger partial charge >= 0.3 is 12.3 Å². The summed E-state index contributed by atoms with van der Waals surface area (Å²) in [5.41, 5.74) is 0.208. The molecule has 14 heteroatoms. The third kappa shape index (κ3) is 5.68. The number of anilines is 1. The Balaban J connectivity index is 1.82. The second-order valence-corrected chi connectivity index (χ2v) is 11.0. The van der Waals surface area contributed by atoms with Gasteiger partial charge in [-0.05, 0) is 38.0 Å². The molecule has 0 bridgehead atoms.